The van der Waals surface area contributed by atoms with Crippen molar-refractivity contribution in [3.63, 3.8) is 0 Å². The predicted octanol–water partition coefficient (Wildman–Crippen LogP) is 2.16. The lowest BCUT2D eigenvalue weighted by molar-refractivity contribution is -0.383. The van der Waals surface area contributed by atoms with Crippen molar-refractivity contribution in [1.29, 1.82) is 0 Å². The van der Waals surface area contributed by atoms with Gasteiger partial charge in [-0.1, -0.05) is 5.16 Å². The third-order valence-corrected chi connectivity index (χ3v) is 4.61. The van der Waals surface area contributed by atoms with E-state index in [1.165, 1.54) is 0 Å². The molecule has 2 aromatic heterocycles. The lowest BCUT2D eigenvalue weighted by Crippen LogP contribution is -2.46. The monoisotopic (exact) mass is 354 g/mol. The average molecular weight is 354 g/mol. The van der Waals surface area contributed by atoms with Crippen molar-refractivity contribution in [1.82, 2.24) is 20.0 Å². The Morgan fingerprint density at radius 2 is 2.00 bits per heavy atom. The van der Waals surface area contributed by atoms with Crippen molar-refractivity contribution < 1.29 is 9.45 Å². The van der Waals surface area contributed by atoms with Crippen LogP contribution in [0.4, 0.5) is 11.4 Å². The van der Waals surface area contributed by atoms with E-state index < -0.39 is 0 Å². The van der Waals surface area contributed by atoms with E-state index in [1.807, 2.05) is 12.1 Å². The van der Waals surface area contributed by atoms with Gasteiger partial charge in [-0.2, -0.15) is 4.98 Å². The fraction of sp³-hybridized carbons (Fsp3) is 0.353. The fourth-order valence-corrected chi connectivity index (χ4v) is 3.34. The van der Waals surface area contributed by atoms with Crippen LogP contribution >= 0.6 is 0 Å². The Labute approximate surface area is 149 Å². The van der Waals surface area contributed by atoms with Crippen LogP contribution in [0.1, 0.15) is 11.7 Å². The smallest absolute Gasteiger partial charge is 0.278 e. The number of hydrogen-bond acceptors (Lipinski definition) is 8. The minimum atomic E-state index is -0.363. The Morgan fingerprint density at radius 3 is 2.69 bits per heavy atom. The molecule has 0 saturated carbocycles. The minimum Gasteiger partial charge on any atom is -0.368 e. The van der Waals surface area contributed by atoms with E-state index in [0.717, 1.165) is 37.3 Å². The number of benzene rings is 1. The number of fused-ring (bicyclic) bond motifs is 1. The van der Waals surface area contributed by atoms with E-state index in [-0.39, 0.29) is 10.6 Å². The van der Waals surface area contributed by atoms with E-state index in [9.17, 15) is 10.1 Å². The van der Waals surface area contributed by atoms with Gasteiger partial charge in [0, 0.05) is 55.7 Å². The standard InChI is InChI=1S/C17H18N6O3/c1-12-19-17(26-20-12)11-21-6-8-22(9-7-21)15-2-3-16(23(24)25)14-10-18-5-4-13(14)15/h2-5,10H,6-9,11H2,1H3. The Morgan fingerprint density at radius 1 is 1.19 bits per heavy atom. The first-order valence-corrected chi connectivity index (χ1v) is 8.39. The summed E-state index contributed by atoms with van der Waals surface area (Å²) in [6.45, 7) is 5.79. The number of non-ortho nitro benzene ring substituents is 1. The Bertz CT molecular complexity index is 949. The molecule has 1 aliphatic rings. The number of nitrogens with zero attached hydrogens (tertiary/aromatic N) is 6. The molecule has 3 heterocycles. The second-order valence-electron chi connectivity index (χ2n) is 6.28. The number of nitro groups is 1. The van der Waals surface area contributed by atoms with Gasteiger partial charge in [-0.05, 0) is 19.1 Å². The summed E-state index contributed by atoms with van der Waals surface area (Å²) in [7, 11) is 0. The summed E-state index contributed by atoms with van der Waals surface area (Å²) in [6.07, 6.45) is 3.23. The Balaban J connectivity index is 1.53. The zero-order valence-electron chi connectivity index (χ0n) is 14.3. The summed E-state index contributed by atoms with van der Waals surface area (Å²) in [5, 5.41) is 16.5. The number of aryl methyl sites for hydroxylation is 1. The molecule has 0 N–H and O–H groups in total. The maximum Gasteiger partial charge on any atom is 0.278 e. The largest absolute Gasteiger partial charge is 0.368 e. The molecular formula is C17H18N6O3. The van der Waals surface area contributed by atoms with Crippen molar-refractivity contribution in [3.8, 4) is 0 Å². The molecule has 0 radical (unpaired) electrons. The van der Waals surface area contributed by atoms with Gasteiger partial charge < -0.3 is 9.42 Å². The van der Waals surface area contributed by atoms with Gasteiger partial charge in [0.1, 0.15) is 0 Å². The van der Waals surface area contributed by atoms with Crippen LogP contribution in [0.5, 0.6) is 0 Å². The summed E-state index contributed by atoms with van der Waals surface area (Å²) >= 11 is 0. The first-order valence-electron chi connectivity index (χ1n) is 8.39. The number of pyridine rings is 1. The van der Waals surface area contributed by atoms with E-state index in [2.05, 4.69) is 24.9 Å². The molecule has 0 atom stereocenters. The van der Waals surface area contributed by atoms with Gasteiger partial charge in [-0.3, -0.25) is 20.0 Å². The SMILES string of the molecule is Cc1noc(CN2CCN(c3ccc([N+](=O)[O-])c4cnccc34)CC2)n1. The number of aromatic nitrogens is 3. The average Bonchev–Trinajstić information content (AvgIpc) is 3.06. The highest BCUT2D eigenvalue weighted by atomic mass is 16.6. The third-order valence-electron chi connectivity index (χ3n) is 4.61. The lowest BCUT2D eigenvalue weighted by Gasteiger charge is -2.35. The van der Waals surface area contributed by atoms with Gasteiger partial charge in [0.15, 0.2) is 5.82 Å². The molecule has 26 heavy (non-hydrogen) atoms. The van der Waals surface area contributed by atoms with Crippen LogP contribution in [0.15, 0.2) is 35.1 Å². The van der Waals surface area contributed by atoms with Crippen molar-refractivity contribution >= 4 is 22.1 Å². The summed E-state index contributed by atoms with van der Waals surface area (Å²) in [5.74, 6) is 1.27. The quantitative estimate of drug-likeness (QED) is 0.519. The van der Waals surface area contributed by atoms with Gasteiger partial charge >= 0.3 is 0 Å². The molecule has 1 fully saturated rings. The van der Waals surface area contributed by atoms with Crippen LogP contribution in [-0.4, -0.2) is 51.1 Å². The zero-order valence-corrected chi connectivity index (χ0v) is 14.3. The minimum absolute atomic E-state index is 0.0854. The Hall–Kier alpha value is -3.07. The highest BCUT2D eigenvalue weighted by Crippen LogP contribution is 2.33. The second kappa shape index (κ2) is 6.68. The van der Waals surface area contributed by atoms with Crippen molar-refractivity contribution in [2.75, 3.05) is 31.1 Å². The van der Waals surface area contributed by atoms with Gasteiger partial charge in [0.25, 0.3) is 5.69 Å². The van der Waals surface area contributed by atoms with Gasteiger partial charge in [-0.15, -0.1) is 0 Å². The normalized spacial score (nSPS) is 15.5. The zero-order chi connectivity index (χ0) is 18.1. The van der Waals surface area contributed by atoms with Crippen LogP contribution in [0.25, 0.3) is 10.8 Å². The molecule has 134 valence electrons. The molecule has 1 aliphatic heterocycles. The molecule has 1 saturated heterocycles. The highest BCUT2D eigenvalue weighted by Gasteiger charge is 2.22. The molecule has 0 spiro atoms. The Kier molecular flexibility index (Phi) is 4.21. The topological polar surface area (TPSA) is 101 Å². The summed E-state index contributed by atoms with van der Waals surface area (Å²) in [4.78, 5) is 23.7. The maximum absolute atomic E-state index is 11.3. The van der Waals surface area contributed by atoms with Crippen LogP contribution < -0.4 is 4.90 Å². The molecule has 0 bridgehead atoms. The van der Waals surface area contributed by atoms with Crippen molar-refractivity contribution in [2.24, 2.45) is 0 Å². The third kappa shape index (κ3) is 3.08. The number of piperazine rings is 1. The number of rotatable bonds is 4. The molecular weight excluding hydrogens is 336 g/mol. The first kappa shape index (κ1) is 16.4. The summed E-state index contributed by atoms with van der Waals surface area (Å²) in [6, 6.07) is 5.23. The van der Waals surface area contributed by atoms with Crippen LogP contribution in [0.2, 0.25) is 0 Å². The van der Waals surface area contributed by atoms with E-state index >= 15 is 0 Å². The van der Waals surface area contributed by atoms with E-state index in [0.29, 0.717) is 23.6 Å². The first-order chi connectivity index (χ1) is 12.6. The molecule has 0 amide bonds. The second-order valence-corrected chi connectivity index (χ2v) is 6.28. The van der Waals surface area contributed by atoms with Gasteiger partial charge in [0.05, 0.1) is 16.9 Å². The van der Waals surface area contributed by atoms with Crippen molar-refractivity contribution in [3.05, 3.63) is 52.4 Å². The number of nitro benzene ring substituents is 1. The summed E-state index contributed by atoms with van der Waals surface area (Å²) < 4.78 is 5.18. The molecule has 0 unspecified atom stereocenters. The van der Waals surface area contributed by atoms with Crippen LogP contribution in [0, 0.1) is 17.0 Å². The van der Waals surface area contributed by atoms with Gasteiger partial charge in [-0.25, -0.2) is 0 Å². The lowest BCUT2D eigenvalue weighted by atomic mass is 10.1. The molecule has 1 aromatic carbocycles. The molecule has 4 rings (SSSR count). The van der Waals surface area contributed by atoms with Crippen LogP contribution in [0.3, 0.4) is 0 Å². The molecule has 0 aliphatic carbocycles. The van der Waals surface area contributed by atoms with Crippen LogP contribution in [-0.2, 0) is 6.54 Å². The molecule has 9 nitrogen and oxygen atoms in total. The number of anilines is 1. The highest BCUT2D eigenvalue weighted by molar-refractivity contribution is 5.99. The van der Waals surface area contributed by atoms with Crippen molar-refractivity contribution in [2.45, 2.75) is 13.5 Å². The maximum atomic E-state index is 11.3. The predicted molar refractivity (Wildman–Crippen MR) is 94.9 cm³/mol. The fourth-order valence-electron chi connectivity index (χ4n) is 3.34. The number of hydrogen-bond donors (Lipinski definition) is 0. The van der Waals surface area contributed by atoms with E-state index in [1.54, 1.807) is 25.4 Å². The van der Waals surface area contributed by atoms with E-state index in [4.69, 9.17) is 4.52 Å². The molecule has 9 heteroatoms. The summed E-state index contributed by atoms with van der Waals surface area (Å²) in [5.41, 5.74) is 1.09. The molecule has 3 aromatic rings. The van der Waals surface area contributed by atoms with Gasteiger partial charge in [0.2, 0.25) is 5.89 Å².